The molecule has 1 N–H and O–H groups in total. The summed E-state index contributed by atoms with van der Waals surface area (Å²) in [6.45, 7) is 6.84. The number of nitrogens with zero attached hydrogens (tertiary/aromatic N) is 1. The van der Waals surface area contributed by atoms with Gasteiger partial charge in [-0.2, -0.15) is 0 Å². The molecule has 5 heteroatoms. The molecule has 24 heavy (non-hydrogen) atoms. The number of hydrogen-bond donors (Lipinski definition) is 1. The van der Waals surface area contributed by atoms with Gasteiger partial charge in [-0.1, -0.05) is 43.4 Å². The highest BCUT2D eigenvalue weighted by atomic mass is 28.3. The van der Waals surface area contributed by atoms with Crippen LogP contribution in [0.1, 0.15) is 11.3 Å². The smallest absolute Gasteiger partial charge is 0.270 e. The minimum absolute atomic E-state index is 0.183. The van der Waals surface area contributed by atoms with E-state index in [1.807, 2.05) is 18.2 Å². The number of benzene rings is 1. The van der Waals surface area contributed by atoms with Crippen LogP contribution in [0.5, 0.6) is 5.75 Å². The van der Waals surface area contributed by atoms with E-state index in [2.05, 4.69) is 42.8 Å². The van der Waals surface area contributed by atoms with E-state index in [9.17, 15) is 4.79 Å². The molecule has 122 valence electrons. The standard InChI is InChI=1S/C19H20N2O2Si/c1-6-21-17-8-7-13(24(3,4)5)11-14(17)15(19(21)22)12-16-18(23-2)9-10-20-16/h1,7-12,20H,2-5H3. The summed E-state index contributed by atoms with van der Waals surface area (Å²) in [5.74, 6) is 0.509. The number of fused-ring (bicyclic) bond motifs is 1. The van der Waals surface area contributed by atoms with Crippen LogP contribution in [-0.2, 0) is 4.79 Å². The first-order valence-electron chi connectivity index (χ1n) is 7.75. The molecular weight excluding hydrogens is 316 g/mol. The molecule has 0 saturated heterocycles. The molecule has 0 radical (unpaired) electrons. The highest BCUT2D eigenvalue weighted by Crippen LogP contribution is 2.37. The Bertz CT molecular complexity index is 882. The Hall–Kier alpha value is -2.71. The van der Waals surface area contributed by atoms with Crippen molar-refractivity contribution in [1.82, 2.24) is 4.98 Å². The maximum absolute atomic E-state index is 12.8. The predicted molar refractivity (Wildman–Crippen MR) is 101 cm³/mol. The lowest BCUT2D eigenvalue weighted by atomic mass is 10.1. The Morgan fingerprint density at radius 1 is 1.29 bits per heavy atom. The quantitative estimate of drug-likeness (QED) is 0.532. The van der Waals surface area contributed by atoms with Gasteiger partial charge in [0.15, 0.2) is 0 Å². The summed E-state index contributed by atoms with van der Waals surface area (Å²) in [6, 6.07) is 10.4. The maximum atomic E-state index is 12.8. The molecule has 4 nitrogen and oxygen atoms in total. The highest BCUT2D eigenvalue weighted by molar-refractivity contribution is 6.88. The fourth-order valence-corrected chi connectivity index (χ4v) is 3.99. The second-order valence-corrected chi connectivity index (χ2v) is 11.8. The predicted octanol–water partition coefficient (Wildman–Crippen LogP) is 3.05. The van der Waals surface area contributed by atoms with Gasteiger partial charge >= 0.3 is 0 Å². The van der Waals surface area contributed by atoms with E-state index in [4.69, 9.17) is 11.2 Å². The summed E-state index contributed by atoms with van der Waals surface area (Å²) in [5, 5.41) is 1.29. The number of carbonyl (C=O) groups excluding carboxylic acids is 1. The normalized spacial score (nSPS) is 15.5. The first kappa shape index (κ1) is 16.2. The molecule has 1 aliphatic rings. The van der Waals surface area contributed by atoms with Crippen LogP contribution in [0.25, 0.3) is 11.6 Å². The zero-order valence-corrected chi connectivity index (χ0v) is 15.3. The Morgan fingerprint density at radius 3 is 2.67 bits per heavy atom. The van der Waals surface area contributed by atoms with Crippen molar-refractivity contribution in [3.63, 3.8) is 0 Å². The van der Waals surface area contributed by atoms with Crippen molar-refractivity contribution in [1.29, 1.82) is 0 Å². The summed E-state index contributed by atoms with van der Waals surface area (Å²) < 4.78 is 5.32. The van der Waals surface area contributed by atoms with Gasteiger partial charge in [0.2, 0.25) is 0 Å². The third-order valence-electron chi connectivity index (χ3n) is 4.20. The largest absolute Gasteiger partial charge is 0.495 e. The van der Waals surface area contributed by atoms with E-state index < -0.39 is 8.07 Å². The summed E-state index contributed by atoms with van der Waals surface area (Å²) >= 11 is 0. The van der Waals surface area contributed by atoms with Crippen molar-refractivity contribution in [3.8, 4) is 18.2 Å². The Kier molecular flexibility index (Phi) is 3.86. The average molecular weight is 336 g/mol. The SMILES string of the molecule is C#CN1C(=O)C(=Cc2[nH]ccc2OC)c2cc([Si](C)(C)C)ccc21. The molecule has 0 fully saturated rings. The van der Waals surface area contributed by atoms with Crippen LogP contribution in [0.15, 0.2) is 30.5 Å². The van der Waals surface area contributed by atoms with Crippen molar-refractivity contribution >= 4 is 36.5 Å². The number of rotatable bonds is 3. The summed E-state index contributed by atoms with van der Waals surface area (Å²) in [7, 11) is 0.106. The van der Waals surface area contributed by atoms with Gasteiger partial charge in [-0.3, -0.25) is 4.79 Å². The number of terminal acetylenes is 1. The van der Waals surface area contributed by atoms with Gasteiger partial charge in [-0.25, -0.2) is 4.90 Å². The molecule has 2 aromatic rings. The topological polar surface area (TPSA) is 45.3 Å². The summed E-state index contributed by atoms with van der Waals surface area (Å²) in [6.07, 6.45) is 9.15. The highest BCUT2D eigenvalue weighted by Gasteiger charge is 2.33. The number of carbonyl (C=O) groups is 1. The molecule has 1 aliphatic heterocycles. The molecule has 0 saturated carbocycles. The number of amides is 1. The molecule has 0 aliphatic carbocycles. The van der Waals surface area contributed by atoms with Gasteiger partial charge in [0.25, 0.3) is 5.91 Å². The summed E-state index contributed by atoms with van der Waals surface area (Å²) in [4.78, 5) is 17.2. The van der Waals surface area contributed by atoms with Gasteiger partial charge in [0.1, 0.15) is 5.75 Å². The lowest BCUT2D eigenvalue weighted by molar-refractivity contribution is -0.112. The number of anilines is 1. The second-order valence-electron chi connectivity index (χ2n) is 6.77. The first-order chi connectivity index (χ1) is 11.4. The molecule has 0 bridgehead atoms. The minimum atomic E-state index is -1.50. The van der Waals surface area contributed by atoms with Crippen LogP contribution >= 0.6 is 0 Å². The molecule has 0 atom stereocenters. The van der Waals surface area contributed by atoms with Gasteiger partial charge in [0, 0.05) is 17.8 Å². The number of nitrogens with one attached hydrogen (secondary N) is 1. The zero-order chi connectivity index (χ0) is 17.5. The van der Waals surface area contributed by atoms with Crippen LogP contribution < -0.4 is 14.8 Å². The van der Waals surface area contributed by atoms with Crippen molar-refractivity contribution in [2.24, 2.45) is 0 Å². The first-order valence-corrected chi connectivity index (χ1v) is 11.3. The van der Waals surface area contributed by atoms with Gasteiger partial charge < -0.3 is 9.72 Å². The lowest BCUT2D eigenvalue weighted by Crippen LogP contribution is -2.37. The number of aromatic nitrogens is 1. The van der Waals surface area contributed by atoms with Gasteiger partial charge in [-0.05, 0) is 18.2 Å². The van der Waals surface area contributed by atoms with E-state index in [-0.39, 0.29) is 5.91 Å². The van der Waals surface area contributed by atoms with Gasteiger partial charge in [-0.15, -0.1) is 0 Å². The van der Waals surface area contributed by atoms with E-state index in [1.165, 1.54) is 10.1 Å². The Morgan fingerprint density at radius 2 is 2.04 bits per heavy atom. The van der Waals surface area contributed by atoms with Crippen molar-refractivity contribution in [2.45, 2.75) is 19.6 Å². The lowest BCUT2D eigenvalue weighted by Gasteiger charge is -2.18. The van der Waals surface area contributed by atoms with Crippen LogP contribution in [0.3, 0.4) is 0 Å². The third-order valence-corrected chi connectivity index (χ3v) is 6.25. The van der Waals surface area contributed by atoms with Crippen LogP contribution in [0, 0.1) is 12.5 Å². The Balaban J connectivity index is 2.19. The molecule has 1 amide bonds. The monoisotopic (exact) mass is 336 g/mol. The molecule has 2 heterocycles. The molecular formula is C19H20N2O2Si. The van der Waals surface area contributed by atoms with Crippen molar-refractivity contribution in [2.75, 3.05) is 12.0 Å². The number of methoxy groups -OCH3 is 1. The van der Waals surface area contributed by atoms with Gasteiger partial charge in [0.05, 0.1) is 32.1 Å². The average Bonchev–Trinajstić information content (AvgIpc) is 3.09. The number of hydrogen-bond acceptors (Lipinski definition) is 2. The van der Waals surface area contributed by atoms with E-state index >= 15 is 0 Å². The number of ether oxygens (including phenoxy) is 1. The molecule has 0 unspecified atom stereocenters. The van der Waals surface area contributed by atoms with Crippen molar-refractivity contribution in [3.05, 3.63) is 41.7 Å². The second kappa shape index (κ2) is 5.73. The maximum Gasteiger partial charge on any atom is 0.270 e. The molecule has 1 aromatic carbocycles. The Labute approximate surface area is 143 Å². The molecule has 0 spiro atoms. The van der Waals surface area contributed by atoms with E-state index in [0.717, 1.165) is 16.9 Å². The minimum Gasteiger partial charge on any atom is -0.495 e. The van der Waals surface area contributed by atoms with E-state index in [0.29, 0.717) is 11.3 Å². The fraction of sp³-hybridized carbons (Fsp3) is 0.211. The fourth-order valence-electron chi connectivity index (χ4n) is 2.83. The molecule has 3 rings (SSSR count). The summed E-state index contributed by atoms with van der Waals surface area (Å²) in [5.41, 5.74) is 2.99. The number of H-pyrrole nitrogens is 1. The molecule has 1 aromatic heterocycles. The van der Waals surface area contributed by atoms with Crippen molar-refractivity contribution < 1.29 is 9.53 Å². The van der Waals surface area contributed by atoms with Crippen LogP contribution in [-0.4, -0.2) is 26.1 Å². The van der Waals surface area contributed by atoms with Crippen LogP contribution in [0.2, 0.25) is 19.6 Å². The van der Waals surface area contributed by atoms with Crippen LogP contribution in [0.4, 0.5) is 5.69 Å². The third kappa shape index (κ3) is 2.55. The van der Waals surface area contributed by atoms with E-state index in [1.54, 1.807) is 13.3 Å². The number of aromatic amines is 1. The zero-order valence-electron chi connectivity index (χ0n) is 14.3.